The van der Waals surface area contributed by atoms with Crippen molar-refractivity contribution in [3.8, 4) is 11.3 Å². The van der Waals surface area contributed by atoms with Crippen molar-refractivity contribution >= 4 is 0 Å². The van der Waals surface area contributed by atoms with Gasteiger partial charge in [-0.15, -0.1) is 0 Å². The molecule has 1 aliphatic heterocycles. The van der Waals surface area contributed by atoms with E-state index in [1.807, 2.05) is 24.1 Å². The lowest BCUT2D eigenvalue weighted by Gasteiger charge is -2.21. The van der Waals surface area contributed by atoms with E-state index in [1.54, 1.807) is 0 Å². The van der Waals surface area contributed by atoms with Gasteiger partial charge in [-0.1, -0.05) is 0 Å². The van der Waals surface area contributed by atoms with Gasteiger partial charge in [-0.25, -0.2) is 0 Å². The highest BCUT2D eigenvalue weighted by Gasteiger charge is 2.23. The smallest absolute Gasteiger partial charge is 0.0726 e. The third-order valence-corrected chi connectivity index (χ3v) is 3.92. The molecule has 0 aliphatic carbocycles. The van der Waals surface area contributed by atoms with E-state index in [2.05, 4.69) is 23.3 Å². The zero-order valence-electron chi connectivity index (χ0n) is 11.0. The second-order valence-corrected chi connectivity index (χ2v) is 5.11. The van der Waals surface area contributed by atoms with Crippen molar-refractivity contribution < 1.29 is 0 Å². The van der Waals surface area contributed by atoms with Gasteiger partial charge in [0, 0.05) is 30.9 Å². The molecule has 0 unspecified atom stereocenters. The zero-order chi connectivity index (χ0) is 12.5. The fourth-order valence-electron chi connectivity index (χ4n) is 3.01. The Bertz CT molecular complexity index is 518. The van der Waals surface area contributed by atoms with E-state index in [0.29, 0.717) is 5.92 Å². The summed E-state index contributed by atoms with van der Waals surface area (Å²) >= 11 is 0. The number of nitrogens with one attached hydrogen (secondary N) is 2. The molecule has 0 atom stereocenters. The summed E-state index contributed by atoms with van der Waals surface area (Å²) in [5.74, 6) is 0.616. The molecule has 4 nitrogen and oxygen atoms in total. The number of piperidine rings is 1. The third kappa shape index (κ3) is 1.86. The Morgan fingerprint density at radius 3 is 2.78 bits per heavy atom. The quantitative estimate of drug-likeness (QED) is 0.850. The summed E-state index contributed by atoms with van der Waals surface area (Å²) in [5, 5.41) is 8.18. The number of aryl methyl sites for hydroxylation is 1. The monoisotopic (exact) mass is 244 g/mol. The van der Waals surface area contributed by atoms with E-state index in [9.17, 15) is 0 Å². The highest BCUT2D eigenvalue weighted by Crippen LogP contribution is 2.32. The lowest BCUT2D eigenvalue weighted by Crippen LogP contribution is -2.27. The van der Waals surface area contributed by atoms with Gasteiger partial charge in [0.2, 0.25) is 0 Å². The molecule has 0 saturated carbocycles. The van der Waals surface area contributed by atoms with Crippen LogP contribution in [0.2, 0.25) is 0 Å². The van der Waals surface area contributed by atoms with Gasteiger partial charge in [0.1, 0.15) is 0 Å². The first-order chi connectivity index (χ1) is 8.77. The third-order valence-electron chi connectivity index (χ3n) is 3.92. The van der Waals surface area contributed by atoms with Crippen LogP contribution < -0.4 is 5.32 Å². The van der Waals surface area contributed by atoms with Crippen LogP contribution in [-0.4, -0.2) is 27.9 Å². The minimum atomic E-state index is 0.616. The summed E-state index contributed by atoms with van der Waals surface area (Å²) in [6.45, 7) is 4.42. The predicted molar refractivity (Wildman–Crippen MR) is 72.6 cm³/mol. The molecule has 3 heterocycles. The minimum Gasteiger partial charge on any atom is -0.367 e. The molecule has 1 saturated heterocycles. The van der Waals surface area contributed by atoms with E-state index >= 15 is 0 Å². The molecule has 4 heteroatoms. The van der Waals surface area contributed by atoms with Crippen molar-refractivity contribution in [2.75, 3.05) is 13.1 Å². The normalized spacial score (nSPS) is 17.2. The number of hydrogen-bond acceptors (Lipinski definition) is 2. The fraction of sp³-hybridized carbons (Fsp3) is 0.500. The van der Waals surface area contributed by atoms with Gasteiger partial charge >= 0.3 is 0 Å². The molecule has 1 fully saturated rings. The Morgan fingerprint density at radius 2 is 2.11 bits per heavy atom. The first-order valence-corrected chi connectivity index (χ1v) is 6.64. The molecular formula is C14H20N4. The van der Waals surface area contributed by atoms with Crippen LogP contribution in [0.15, 0.2) is 18.5 Å². The molecule has 2 aromatic rings. The zero-order valence-corrected chi connectivity index (χ0v) is 11.0. The molecule has 0 spiro atoms. The van der Waals surface area contributed by atoms with Gasteiger partial charge in [0.05, 0.1) is 11.4 Å². The van der Waals surface area contributed by atoms with Crippen LogP contribution in [-0.2, 0) is 7.05 Å². The minimum absolute atomic E-state index is 0.616. The first-order valence-electron chi connectivity index (χ1n) is 6.64. The van der Waals surface area contributed by atoms with Crippen LogP contribution in [0.4, 0.5) is 0 Å². The van der Waals surface area contributed by atoms with Gasteiger partial charge in [0.15, 0.2) is 0 Å². The number of aromatic nitrogens is 3. The van der Waals surface area contributed by atoms with Crippen molar-refractivity contribution in [1.82, 2.24) is 20.1 Å². The van der Waals surface area contributed by atoms with Crippen molar-refractivity contribution in [2.45, 2.75) is 25.7 Å². The van der Waals surface area contributed by atoms with Crippen LogP contribution >= 0.6 is 0 Å². The molecule has 0 amide bonds. The van der Waals surface area contributed by atoms with Crippen molar-refractivity contribution in [3.05, 3.63) is 29.7 Å². The first kappa shape index (κ1) is 11.5. The lowest BCUT2D eigenvalue weighted by molar-refractivity contribution is 0.449. The highest BCUT2D eigenvalue weighted by molar-refractivity contribution is 5.63. The maximum Gasteiger partial charge on any atom is 0.0726 e. The Labute approximate surface area is 107 Å². The van der Waals surface area contributed by atoms with Crippen LogP contribution in [0.3, 0.4) is 0 Å². The SMILES string of the molecule is Cc1c(C2CCNCC2)nn(C)c1-c1cc[nH]c1. The predicted octanol–water partition coefficient (Wildman–Crippen LogP) is 2.19. The molecule has 0 bridgehead atoms. The van der Waals surface area contributed by atoms with Gasteiger partial charge in [-0.05, 0) is 44.5 Å². The Hall–Kier alpha value is -1.55. The number of nitrogens with zero attached hydrogens (tertiary/aromatic N) is 2. The van der Waals surface area contributed by atoms with Crippen molar-refractivity contribution in [1.29, 1.82) is 0 Å². The molecule has 3 rings (SSSR count). The molecule has 96 valence electrons. The highest BCUT2D eigenvalue weighted by atomic mass is 15.3. The average Bonchev–Trinajstić information content (AvgIpc) is 2.99. The van der Waals surface area contributed by atoms with Gasteiger partial charge in [-0.3, -0.25) is 4.68 Å². The number of hydrogen-bond donors (Lipinski definition) is 2. The van der Waals surface area contributed by atoms with Gasteiger partial charge in [0.25, 0.3) is 0 Å². The molecular weight excluding hydrogens is 224 g/mol. The van der Waals surface area contributed by atoms with Crippen molar-refractivity contribution in [2.24, 2.45) is 7.05 Å². The van der Waals surface area contributed by atoms with E-state index < -0.39 is 0 Å². The van der Waals surface area contributed by atoms with Gasteiger partial charge < -0.3 is 10.3 Å². The second kappa shape index (κ2) is 4.61. The number of H-pyrrole nitrogens is 1. The summed E-state index contributed by atoms with van der Waals surface area (Å²) in [7, 11) is 2.04. The van der Waals surface area contributed by atoms with Gasteiger partial charge in [-0.2, -0.15) is 5.10 Å². The summed E-state index contributed by atoms with van der Waals surface area (Å²) in [6, 6.07) is 2.11. The van der Waals surface area contributed by atoms with E-state index in [4.69, 9.17) is 5.10 Å². The molecule has 0 radical (unpaired) electrons. The second-order valence-electron chi connectivity index (χ2n) is 5.11. The largest absolute Gasteiger partial charge is 0.367 e. The van der Waals surface area contributed by atoms with E-state index in [1.165, 1.54) is 35.4 Å². The lowest BCUT2D eigenvalue weighted by atomic mass is 9.91. The summed E-state index contributed by atoms with van der Waals surface area (Å²) in [4.78, 5) is 3.12. The Morgan fingerprint density at radius 1 is 1.33 bits per heavy atom. The molecule has 18 heavy (non-hydrogen) atoms. The molecule has 0 aromatic carbocycles. The summed E-state index contributed by atoms with van der Waals surface area (Å²) in [5.41, 5.74) is 5.09. The summed E-state index contributed by atoms with van der Waals surface area (Å²) in [6.07, 6.45) is 6.40. The average molecular weight is 244 g/mol. The topological polar surface area (TPSA) is 45.6 Å². The van der Waals surface area contributed by atoms with Crippen molar-refractivity contribution in [3.63, 3.8) is 0 Å². The van der Waals surface area contributed by atoms with Crippen LogP contribution in [0.5, 0.6) is 0 Å². The Kier molecular flexibility index (Phi) is 2.96. The van der Waals surface area contributed by atoms with Crippen LogP contribution in [0, 0.1) is 6.92 Å². The number of rotatable bonds is 2. The van der Waals surface area contributed by atoms with Crippen LogP contribution in [0.1, 0.15) is 30.0 Å². The fourth-order valence-corrected chi connectivity index (χ4v) is 3.01. The Balaban J connectivity index is 2.00. The molecule has 2 N–H and O–H groups in total. The standard InChI is InChI=1S/C14H20N4/c1-10-13(11-3-6-15-7-4-11)17-18(2)14(10)12-5-8-16-9-12/h5,8-9,11,15-16H,3-4,6-7H2,1-2H3. The maximum absolute atomic E-state index is 4.76. The van der Waals surface area contributed by atoms with E-state index in [0.717, 1.165) is 13.1 Å². The maximum atomic E-state index is 4.76. The van der Waals surface area contributed by atoms with Crippen LogP contribution in [0.25, 0.3) is 11.3 Å². The van der Waals surface area contributed by atoms with E-state index in [-0.39, 0.29) is 0 Å². The molecule has 2 aromatic heterocycles. The number of aromatic amines is 1. The molecule has 1 aliphatic rings. The summed E-state index contributed by atoms with van der Waals surface area (Å²) < 4.78 is 2.02.